The van der Waals surface area contributed by atoms with Crippen molar-refractivity contribution in [3.05, 3.63) is 41.2 Å². The summed E-state index contributed by atoms with van der Waals surface area (Å²) in [7, 11) is 3.95. The molecular formula is C16H22N4. The normalized spacial score (nSPS) is 10.4. The lowest BCUT2D eigenvalue weighted by atomic mass is 10.1. The number of aryl methyl sites for hydroxylation is 2. The maximum atomic E-state index is 4.47. The highest BCUT2D eigenvalue weighted by Gasteiger charge is 2.15. The maximum absolute atomic E-state index is 4.47. The van der Waals surface area contributed by atoms with Crippen LogP contribution in [0.4, 0.5) is 17.3 Å². The zero-order valence-corrected chi connectivity index (χ0v) is 12.9. The first-order chi connectivity index (χ1) is 9.58. The van der Waals surface area contributed by atoms with Gasteiger partial charge >= 0.3 is 0 Å². The van der Waals surface area contributed by atoms with E-state index in [1.807, 2.05) is 7.05 Å². The third kappa shape index (κ3) is 2.59. The molecule has 1 aromatic heterocycles. The molecule has 0 bridgehead atoms. The molecule has 1 aromatic carbocycles. The second-order valence-electron chi connectivity index (χ2n) is 4.98. The van der Waals surface area contributed by atoms with Gasteiger partial charge in [0.05, 0.1) is 0 Å². The SMILES string of the molecule is CCc1c(NC)ncnc1N(C)c1ccc(C)cc1C. The minimum Gasteiger partial charge on any atom is -0.373 e. The van der Waals surface area contributed by atoms with Crippen LogP contribution in [-0.4, -0.2) is 24.1 Å². The van der Waals surface area contributed by atoms with Gasteiger partial charge in [-0.05, 0) is 31.9 Å². The van der Waals surface area contributed by atoms with Crippen LogP contribution in [0.3, 0.4) is 0 Å². The second kappa shape index (κ2) is 5.90. The Labute approximate surface area is 120 Å². The molecule has 4 heteroatoms. The van der Waals surface area contributed by atoms with Crippen molar-refractivity contribution in [2.45, 2.75) is 27.2 Å². The molecule has 0 unspecified atom stereocenters. The molecule has 0 saturated heterocycles. The summed E-state index contributed by atoms with van der Waals surface area (Å²) < 4.78 is 0. The van der Waals surface area contributed by atoms with Gasteiger partial charge < -0.3 is 10.2 Å². The highest BCUT2D eigenvalue weighted by Crippen LogP contribution is 2.30. The molecule has 0 aliphatic rings. The largest absolute Gasteiger partial charge is 0.373 e. The van der Waals surface area contributed by atoms with Crippen molar-refractivity contribution in [1.29, 1.82) is 0 Å². The molecular weight excluding hydrogens is 248 g/mol. The summed E-state index contributed by atoms with van der Waals surface area (Å²) >= 11 is 0. The van der Waals surface area contributed by atoms with Crippen molar-refractivity contribution in [3.63, 3.8) is 0 Å². The number of anilines is 3. The first kappa shape index (κ1) is 14.3. The van der Waals surface area contributed by atoms with Crippen LogP contribution in [0.2, 0.25) is 0 Å². The van der Waals surface area contributed by atoms with Crippen molar-refractivity contribution in [3.8, 4) is 0 Å². The van der Waals surface area contributed by atoms with Gasteiger partial charge in [-0.3, -0.25) is 0 Å². The third-order valence-electron chi connectivity index (χ3n) is 3.54. The van der Waals surface area contributed by atoms with Crippen molar-refractivity contribution in [1.82, 2.24) is 9.97 Å². The molecule has 0 aliphatic heterocycles. The Balaban J connectivity index is 2.50. The molecule has 0 atom stereocenters. The van der Waals surface area contributed by atoms with Gasteiger partial charge in [-0.2, -0.15) is 0 Å². The van der Waals surface area contributed by atoms with E-state index < -0.39 is 0 Å². The topological polar surface area (TPSA) is 41.1 Å². The number of benzene rings is 1. The Morgan fingerprint density at radius 2 is 1.95 bits per heavy atom. The number of rotatable bonds is 4. The van der Waals surface area contributed by atoms with Gasteiger partial charge in [0.25, 0.3) is 0 Å². The first-order valence-electron chi connectivity index (χ1n) is 6.91. The summed E-state index contributed by atoms with van der Waals surface area (Å²) in [6, 6.07) is 6.47. The average molecular weight is 270 g/mol. The fourth-order valence-electron chi connectivity index (χ4n) is 2.53. The van der Waals surface area contributed by atoms with Gasteiger partial charge in [0.15, 0.2) is 0 Å². The van der Waals surface area contributed by atoms with Gasteiger partial charge in [-0.25, -0.2) is 9.97 Å². The van der Waals surface area contributed by atoms with Crippen molar-refractivity contribution in [2.24, 2.45) is 0 Å². The van der Waals surface area contributed by atoms with Crippen LogP contribution in [0.25, 0.3) is 0 Å². The van der Waals surface area contributed by atoms with E-state index in [-0.39, 0.29) is 0 Å². The summed E-state index contributed by atoms with van der Waals surface area (Å²) in [6.45, 7) is 6.36. The first-order valence-corrected chi connectivity index (χ1v) is 6.91. The van der Waals surface area contributed by atoms with E-state index in [1.165, 1.54) is 16.8 Å². The van der Waals surface area contributed by atoms with Gasteiger partial charge in [0.1, 0.15) is 18.0 Å². The molecule has 0 aliphatic carbocycles. The minimum absolute atomic E-state index is 0.890. The third-order valence-corrected chi connectivity index (χ3v) is 3.54. The molecule has 0 spiro atoms. The van der Waals surface area contributed by atoms with Crippen LogP contribution < -0.4 is 10.2 Å². The van der Waals surface area contributed by atoms with Crippen LogP contribution in [0.1, 0.15) is 23.6 Å². The summed E-state index contributed by atoms with van der Waals surface area (Å²) in [5.41, 5.74) is 4.83. The van der Waals surface area contributed by atoms with E-state index in [2.05, 4.69) is 66.2 Å². The molecule has 2 rings (SSSR count). The fraction of sp³-hybridized carbons (Fsp3) is 0.375. The molecule has 4 nitrogen and oxygen atoms in total. The average Bonchev–Trinajstić information content (AvgIpc) is 2.45. The number of nitrogens with one attached hydrogen (secondary N) is 1. The molecule has 0 radical (unpaired) electrons. The second-order valence-corrected chi connectivity index (χ2v) is 4.98. The molecule has 2 aromatic rings. The van der Waals surface area contributed by atoms with Crippen LogP contribution in [0.5, 0.6) is 0 Å². The van der Waals surface area contributed by atoms with E-state index in [0.717, 1.165) is 23.6 Å². The molecule has 106 valence electrons. The highest BCUT2D eigenvalue weighted by molar-refractivity contribution is 5.69. The van der Waals surface area contributed by atoms with Crippen LogP contribution >= 0.6 is 0 Å². The molecule has 0 fully saturated rings. The number of hydrogen-bond donors (Lipinski definition) is 1. The predicted molar refractivity (Wildman–Crippen MR) is 84.9 cm³/mol. The zero-order valence-electron chi connectivity index (χ0n) is 12.9. The molecule has 20 heavy (non-hydrogen) atoms. The van der Waals surface area contributed by atoms with Crippen molar-refractivity contribution < 1.29 is 0 Å². The van der Waals surface area contributed by atoms with Crippen molar-refractivity contribution >= 4 is 17.3 Å². The predicted octanol–water partition coefficient (Wildman–Crippen LogP) is 3.47. The Morgan fingerprint density at radius 3 is 2.55 bits per heavy atom. The van der Waals surface area contributed by atoms with E-state index in [1.54, 1.807) is 6.33 Å². The maximum Gasteiger partial charge on any atom is 0.141 e. The van der Waals surface area contributed by atoms with Gasteiger partial charge in [-0.1, -0.05) is 24.6 Å². The lowest BCUT2D eigenvalue weighted by Crippen LogP contribution is -2.16. The van der Waals surface area contributed by atoms with Gasteiger partial charge in [0, 0.05) is 25.3 Å². The van der Waals surface area contributed by atoms with E-state index in [0.29, 0.717) is 0 Å². The Bertz CT molecular complexity index is 607. The number of aromatic nitrogens is 2. The Morgan fingerprint density at radius 1 is 1.20 bits per heavy atom. The summed E-state index contributed by atoms with van der Waals surface area (Å²) in [6.07, 6.45) is 2.50. The van der Waals surface area contributed by atoms with Gasteiger partial charge in [0.2, 0.25) is 0 Å². The van der Waals surface area contributed by atoms with Crippen LogP contribution in [0, 0.1) is 13.8 Å². The lowest BCUT2D eigenvalue weighted by Gasteiger charge is -2.24. The Kier molecular flexibility index (Phi) is 4.23. The zero-order chi connectivity index (χ0) is 14.7. The highest BCUT2D eigenvalue weighted by atomic mass is 15.2. The monoisotopic (exact) mass is 270 g/mol. The smallest absolute Gasteiger partial charge is 0.141 e. The number of hydrogen-bond acceptors (Lipinski definition) is 4. The van der Waals surface area contributed by atoms with Crippen molar-refractivity contribution in [2.75, 3.05) is 24.3 Å². The quantitative estimate of drug-likeness (QED) is 0.923. The van der Waals surface area contributed by atoms with E-state index in [9.17, 15) is 0 Å². The Hall–Kier alpha value is -2.10. The molecule has 0 saturated carbocycles. The molecule has 0 amide bonds. The number of nitrogens with zero attached hydrogens (tertiary/aromatic N) is 3. The lowest BCUT2D eigenvalue weighted by molar-refractivity contribution is 0.997. The molecule has 1 N–H and O–H groups in total. The minimum atomic E-state index is 0.890. The summed E-state index contributed by atoms with van der Waals surface area (Å²) in [5, 5.41) is 3.14. The summed E-state index contributed by atoms with van der Waals surface area (Å²) in [5.74, 6) is 1.85. The van der Waals surface area contributed by atoms with Crippen LogP contribution in [0.15, 0.2) is 24.5 Å². The van der Waals surface area contributed by atoms with Crippen LogP contribution in [-0.2, 0) is 6.42 Å². The van der Waals surface area contributed by atoms with E-state index in [4.69, 9.17) is 0 Å². The molecule has 1 heterocycles. The standard InChI is InChI=1S/C16H22N4/c1-6-13-15(17-4)18-10-19-16(13)20(5)14-8-7-11(2)9-12(14)3/h7-10H,6H2,1-5H3,(H,17,18,19). The van der Waals surface area contributed by atoms with E-state index >= 15 is 0 Å². The summed E-state index contributed by atoms with van der Waals surface area (Å²) in [4.78, 5) is 10.9. The fourth-order valence-corrected chi connectivity index (χ4v) is 2.53. The van der Waals surface area contributed by atoms with Gasteiger partial charge in [-0.15, -0.1) is 0 Å².